The minimum absolute atomic E-state index is 0.0850. The third-order valence-corrected chi connectivity index (χ3v) is 4.22. The average molecular weight is 367 g/mol. The van der Waals surface area contributed by atoms with Gasteiger partial charge in [-0.3, -0.25) is 9.19 Å². The molecule has 3 aromatic rings. The number of nitrogens with one attached hydrogen (secondary N) is 1. The standard InChI is InChI=1S/C18H21N3O3S/c1-13-16(19-9-8-17(13)24-11-5-10-23-2)12-25(22)18-20-14-6-3-4-7-15(14)21-18/h3-4,6-9H,5,10-12H2,1-2H3,(H,20,21)/i1D3,2D3,12D2. The molecule has 132 valence electrons. The number of aromatic nitrogens is 3. The molecule has 0 spiro atoms. The SMILES string of the molecule is [2H]C([2H])([2H])OCCCOc1ccnc(C([2H])([2H])S(=O)c2nc3ccccc3[nH]2)c1C([2H])([2H])[2H]. The Hall–Kier alpha value is -2.25. The molecule has 0 radical (unpaired) electrons. The zero-order valence-electron chi connectivity index (χ0n) is 21.1. The van der Waals surface area contributed by atoms with Gasteiger partial charge in [0.2, 0.25) is 0 Å². The van der Waals surface area contributed by atoms with Crippen LogP contribution in [0, 0.1) is 6.85 Å². The molecular weight excluding hydrogens is 338 g/mol. The van der Waals surface area contributed by atoms with Gasteiger partial charge in [0, 0.05) is 38.7 Å². The van der Waals surface area contributed by atoms with Gasteiger partial charge in [-0.15, -0.1) is 0 Å². The van der Waals surface area contributed by atoms with Gasteiger partial charge < -0.3 is 14.5 Å². The van der Waals surface area contributed by atoms with Crippen molar-refractivity contribution in [2.45, 2.75) is 24.1 Å². The van der Waals surface area contributed by atoms with E-state index in [0.717, 1.165) is 6.20 Å². The molecule has 25 heavy (non-hydrogen) atoms. The third kappa shape index (κ3) is 4.24. The summed E-state index contributed by atoms with van der Waals surface area (Å²) in [6, 6.07) is 8.08. The molecule has 1 N–H and O–H groups in total. The van der Waals surface area contributed by atoms with Gasteiger partial charge in [0.1, 0.15) is 5.75 Å². The van der Waals surface area contributed by atoms with Gasteiger partial charge in [0.15, 0.2) is 5.16 Å². The normalized spacial score (nSPS) is 18.7. The average Bonchev–Trinajstić information content (AvgIpc) is 3.15. The lowest BCUT2D eigenvalue weighted by Gasteiger charge is -2.11. The first-order chi connectivity index (χ1) is 15.3. The van der Waals surface area contributed by atoms with Crippen LogP contribution in [0.25, 0.3) is 11.0 Å². The van der Waals surface area contributed by atoms with Crippen molar-refractivity contribution in [1.82, 2.24) is 15.0 Å². The van der Waals surface area contributed by atoms with Crippen LogP contribution in [0.15, 0.2) is 41.7 Å². The summed E-state index contributed by atoms with van der Waals surface area (Å²) >= 11 is 0. The van der Waals surface area contributed by atoms with E-state index >= 15 is 0 Å². The number of pyridine rings is 1. The maximum absolute atomic E-state index is 13.1. The first kappa shape index (κ1) is 10.0. The molecule has 0 saturated carbocycles. The number of H-pyrrole nitrogens is 1. The maximum Gasteiger partial charge on any atom is 0.197 e. The number of imidazole rings is 1. The summed E-state index contributed by atoms with van der Waals surface area (Å²) in [4.78, 5) is 10.9. The number of ether oxygens (including phenoxy) is 2. The zero-order chi connectivity index (χ0) is 24.4. The number of rotatable bonds is 8. The van der Waals surface area contributed by atoms with Crippen molar-refractivity contribution < 1.29 is 24.6 Å². The summed E-state index contributed by atoms with van der Waals surface area (Å²) in [6.07, 6.45) is 1.31. The fraction of sp³-hybridized carbons (Fsp3) is 0.333. The Morgan fingerprint density at radius 1 is 1.32 bits per heavy atom. The van der Waals surface area contributed by atoms with E-state index in [-0.39, 0.29) is 30.5 Å². The highest BCUT2D eigenvalue weighted by Gasteiger charge is 2.14. The van der Waals surface area contributed by atoms with Gasteiger partial charge in [0.25, 0.3) is 0 Å². The van der Waals surface area contributed by atoms with Gasteiger partial charge >= 0.3 is 0 Å². The van der Waals surface area contributed by atoms with Crippen molar-refractivity contribution in [2.75, 3.05) is 20.3 Å². The van der Waals surface area contributed by atoms with E-state index in [1.807, 2.05) is 0 Å². The molecule has 0 saturated heterocycles. The van der Waals surface area contributed by atoms with E-state index in [1.165, 1.54) is 6.07 Å². The fourth-order valence-electron chi connectivity index (χ4n) is 2.11. The highest BCUT2D eigenvalue weighted by molar-refractivity contribution is 7.84. The second-order valence-corrected chi connectivity index (χ2v) is 6.14. The van der Waals surface area contributed by atoms with Crippen LogP contribution in [0.2, 0.25) is 0 Å². The predicted molar refractivity (Wildman–Crippen MR) is 97.2 cm³/mol. The lowest BCUT2D eigenvalue weighted by atomic mass is 10.2. The Balaban J connectivity index is 1.90. The molecule has 1 aromatic carbocycles. The first-order valence-electron chi connectivity index (χ1n) is 11.4. The molecule has 0 aliphatic rings. The summed E-state index contributed by atoms with van der Waals surface area (Å²) in [6.45, 7) is -3.06. The molecule has 0 amide bonds. The van der Waals surface area contributed by atoms with E-state index < -0.39 is 41.7 Å². The molecule has 2 heterocycles. The van der Waals surface area contributed by atoms with Crippen molar-refractivity contribution in [1.29, 1.82) is 0 Å². The van der Waals surface area contributed by atoms with Crippen molar-refractivity contribution in [3.8, 4) is 5.75 Å². The van der Waals surface area contributed by atoms with Crippen LogP contribution in [0.4, 0.5) is 0 Å². The number of benzene rings is 1. The molecule has 3 rings (SSSR count). The van der Waals surface area contributed by atoms with Gasteiger partial charge in [0.05, 0.1) is 44.0 Å². The number of fused-ring (bicyclic) bond motifs is 1. The van der Waals surface area contributed by atoms with Crippen LogP contribution >= 0.6 is 0 Å². The highest BCUT2D eigenvalue weighted by Crippen LogP contribution is 2.22. The van der Waals surface area contributed by atoms with Crippen LogP contribution < -0.4 is 4.74 Å². The monoisotopic (exact) mass is 367 g/mol. The Morgan fingerprint density at radius 2 is 2.24 bits per heavy atom. The number of nitrogens with zero attached hydrogens (tertiary/aromatic N) is 2. The minimum atomic E-state index is -2.83. The Labute approximate surface area is 160 Å². The van der Waals surface area contributed by atoms with Crippen LogP contribution in [-0.2, 0) is 21.2 Å². The van der Waals surface area contributed by atoms with Gasteiger partial charge in [-0.2, -0.15) is 0 Å². The highest BCUT2D eigenvalue weighted by atomic mass is 32.2. The van der Waals surface area contributed by atoms with E-state index in [9.17, 15) is 4.21 Å². The number of para-hydroxylation sites is 2. The summed E-state index contributed by atoms with van der Waals surface area (Å²) in [5.41, 5.74) is -2.76. The summed E-state index contributed by atoms with van der Waals surface area (Å²) in [5, 5.41) is -0.160. The van der Waals surface area contributed by atoms with Crippen LogP contribution in [0.1, 0.15) is 28.6 Å². The van der Waals surface area contributed by atoms with Crippen molar-refractivity contribution in [2.24, 2.45) is 0 Å². The minimum Gasteiger partial charge on any atom is -0.493 e. The lowest BCUT2D eigenvalue weighted by molar-refractivity contribution is 0.172. The van der Waals surface area contributed by atoms with E-state index in [4.69, 9.17) is 15.7 Å². The van der Waals surface area contributed by atoms with E-state index in [2.05, 4.69) is 19.7 Å². The molecule has 0 bridgehead atoms. The molecular formula is C18H21N3O3S. The Bertz CT molecular complexity index is 1110. The van der Waals surface area contributed by atoms with Crippen molar-refractivity contribution in [3.63, 3.8) is 0 Å². The molecule has 1 atom stereocenters. The summed E-state index contributed by atoms with van der Waals surface area (Å²) < 4.78 is 84.9. The number of hydrogen-bond donors (Lipinski definition) is 1. The quantitative estimate of drug-likeness (QED) is 0.619. The van der Waals surface area contributed by atoms with Gasteiger partial charge in [-0.05, 0) is 25.1 Å². The Morgan fingerprint density at radius 3 is 3.08 bits per heavy atom. The first-order valence-corrected chi connectivity index (χ1v) is 8.59. The molecule has 0 aliphatic carbocycles. The topological polar surface area (TPSA) is 77.1 Å². The maximum atomic E-state index is 13.1. The van der Waals surface area contributed by atoms with Crippen molar-refractivity contribution in [3.05, 3.63) is 47.8 Å². The van der Waals surface area contributed by atoms with Crippen LogP contribution in [0.5, 0.6) is 5.75 Å². The van der Waals surface area contributed by atoms with E-state index in [0.29, 0.717) is 11.0 Å². The van der Waals surface area contributed by atoms with Crippen LogP contribution in [0.3, 0.4) is 0 Å². The molecule has 7 heteroatoms. The Kier molecular flexibility index (Phi) is 3.30. The van der Waals surface area contributed by atoms with Gasteiger partial charge in [-0.25, -0.2) is 4.98 Å². The molecule has 2 aromatic heterocycles. The molecule has 0 aliphatic heterocycles. The summed E-state index contributed by atoms with van der Waals surface area (Å²) in [5.74, 6) is -0.167. The number of methoxy groups -OCH3 is 1. The second-order valence-electron chi connectivity index (χ2n) is 5.01. The molecule has 6 nitrogen and oxygen atoms in total. The zero-order valence-corrected chi connectivity index (χ0v) is 13.9. The summed E-state index contributed by atoms with van der Waals surface area (Å²) in [7, 11) is -4.98. The number of hydrogen-bond acceptors (Lipinski definition) is 5. The van der Waals surface area contributed by atoms with Gasteiger partial charge in [-0.1, -0.05) is 12.1 Å². The lowest BCUT2D eigenvalue weighted by Crippen LogP contribution is -2.06. The van der Waals surface area contributed by atoms with E-state index in [1.54, 1.807) is 24.3 Å². The molecule has 0 fully saturated rings. The smallest absolute Gasteiger partial charge is 0.197 e. The number of aromatic amines is 1. The fourth-order valence-corrected chi connectivity index (χ4v) is 2.92. The third-order valence-electron chi connectivity index (χ3n) is 3.29. The predicted octanol–water partition coefficient (Wildman–Crippen LogP) is 2.99. The van der Waals surface area contributed by atoms with Crippen molar-refractivity contribution >= 4 is 21.8 Å². The second kappa shape index (κ2) is 8.22. The largest absolute Gasteiger partial charge is 0.493 e. The molecule has 1 unspecified atom stereocenters. The van der Waals surface area contributed by atoms with Crippen LogP contribution in [-0.4, -0.2) is 39.4 Å².